The number of sulfonamides is 1. The van der Waals surface area contributed by atoms with Crippen molar-refractivity contribution in [3.63, 3.8) is 0 Å². The summed E-state index contributed by atoms with van der Waals surface area (Å²) in [4.78, 5) is 24.0. The maximum absolute atomic E-state index is 13.4. The number of para-hydroxylation sites is 1. The lowest BCUT2D eigenvalue weighted by atomic mass is 10.2. The van der Waals surface area contributed by atoms with Gasteiger partial charge in [0.2, 0.25) is 0 Å². The normalized spacial score (nSPS) is 11.4. The minimum Gasteiger partial charge on any atom is -0.414 e. The van der Waals surface area contributed by atoms with Gasteiger partial charge in [-0.25, -0.2) is 18.0 Å². The average molecular weight is 456 g/mol. The third-order valence-electron chi connectivity index (χ3n) is 4.53. The number of hydrogen-bond donors (Lipinski definition) is 0. The zero-order valence-corrected chi connectivity index (χ0v) is 18.0. The summed E-state index contributed by atoms with van der Waals surface area (Å²) in [6.07, 6.45) is -0.350. The van der Waals surface area contributed by atoms with Crippen LogP contribution in [0.15, 0.2) is 86.9 Å². The van der Waals surface area contributed by atoms with Crippen LogP contribution in [0.4, 0.5) is 10.5 Å². The molecule has 0 spiro atoms. The van der Waals surface area contributed by atoms with E-state index < -0.39 is 21.1 Å². The number of amides is 1. The van der Waals surface area contributed by atoms with Crippen LogP contribution in [-0.4, -0.2) is 14.5 Å². The molecule has 158 valence electrons. The Labute approximate surface area is 182 Å². The number of aryl methyl sites for hydroxylation is 1. The van der Waals surface area contributed by atoms with Gasteiger partial charge < -0.3 is 9.15 Å². The van der Waals surface area contributed by atoms with Gasteiger partial charge in [0.15, 0.2) is 0 Å². The fraction of sp³-hybridized carbons (Fsp3) is 0.0909. The largest absolute Gasteiger partial charge is 0.434 e. The highest BCUT2D eigenvalue weighted by atomic mass is 32.2. The quantitative estimate of drug-likeness (QED) is 0.429. The molecular weight excluding hydrogens is 438 g/mol. The third kappa shape index (κ3) is 4.23. The number of ether oxygens (including phenoxy) is 1. The summed E-state index contributed by atoms with van der Waals surface area (Å²) in [5, 5.41) is 0. The summed E-state index contributed by atoms with van der Waals surface area (Å²) in [5.41, 5.74) is 1.30. The number of benzene rings is 3. The Balaban J connectivity index is 1.82. The van der Waals surface area contributed by atoms with Crippen LogP contribution in [0.25, 0.3) is 10.3 Å². The van der Waals surface area contributed by atoms with Crippen molar-refractivity contribution in [2.45, 2.75) is 18.2 Å². The van der Waals surface area contributed by atoms with E-state index in [9.17, 15) is 18.0 Å². The standard InChI is InChI=1S/C22H17NO6S2/c1-2-15-8-11-18(12-9-15)31(26,27)23(21(24)28-17-6-4-3-5-7-17)16-10-13-19-20(14-16)30-22(25)29-19/h3-14H,2H2,1H3. The topological polar surface area (TPSA) is 93.9 Å². The van der Waals surface area contributed by atoms with Crippen LogP contribution >= 0.6 is 11.3 Å². The zero-order chi connectivity index (χ0) is 22.0. The van der Waals surface area contributed by atoms with Gasteiger partial charge in [-0.1, -0.05) is 48.6 Å². The molecule has 4 aromatic rings. The molecule has 0 fully saturated rings. The minimum absolute atomic E-state index is 0.0325. The second-order valence-corrected chi connectivity index (χ2v) is 9.30. The molecule has 0 saturated heterocycles. The molecule has 7 nitrogen and oxygen atoms in total. The van der Waals surface area contributed by atoms with Gasteiger partial charge in [-0.15, -0.1) is 0 Å². The molecule has 9 heteroatoms. The number of carbonyl (C=O) groups excluding carboxylic acids is 1. The third-order valence-corrected chi connectivity index (χ3v) is 7.03. The number of anilines is 1. The van der Waals surface area contributed by atoms with Crippen molar-refractivity contribution < 1.29 is 22.4 Å². The van der Waals surface area contributed by atoms with Gasteiger partial charge in [0.1, 0.15) is 11.3 Å². The molecule has 0 aliphatic rings. The summed E-state index contributed by atoms with van der Waals surface area (Å²) in [5.74, 6) is 0.197. The zero-order valence-electron chi connectivity index (χ0n) is 16.3. The second-order valence-electron chi connectivity index (χ2n) is 6.53. The molecular formula is C22H17NO6S2. The van der Waals surface area contributed by atoms with E-state index in [0.717, 1.165) is 23.3 Å². The van der Waals surface area contributed by atoms with Crippen molar-refractivity contribution in [2.24, 2.45) is 0 Å². The summed E-state index contributed by atoms with van der Waals surface area (Å²) >= 11 is 0.815. The van der Waals surface area contributed by atoms with E-state index in [4.69, 9.17) is 9.15 Å². The van der Waals surface area contributed by atoms with Crippen LogP contribution in [0.1, 0.15) is 12.5 Å². The van der Waals surface area contributed by atoms with E-state index in [1.807, 2.05) is 6.92 Å². The summed E-state index contributed by atoms with van der Waals surface area (Å²) in [6, 6.07) is 18.7. The maximum Gasteiger partial charge on any atom is 0.434 e. The number of hydrogen-bond acceptors (Lipinski definition) is 7. The van der Waals surface area contributed by atoms with Crippen molar-refractivity contribution in [3.8, 4) is 5.75 Å². The number of fused-ring (bicyclic) bond motifs is 1. The van der Waals surface area contributed by atoms with Gasteiger partial charge in [0.25, 0.3) is 10.0 Å². The fourth-order valence-electron chi connectivity index (χ4n) is 2.96. The molecule has 0 N–H and O–H groups in total. The van der Waals surface area contributed by atoms with Gasteiger partial charge >= 0.3 is 11.0 Å². The lowest BCUT2D eigenvalue weighted by Crippen LogP contribution is -2.39. The van der Waals surface area contributed by atoms with Crippen molar-refractivity contribution in [2.75, 3.05) is 4.31 Å². The molecule has 4 rings (SSSR count). The first-order valence-corrected chi connectivity index (χ1v) is 11.6. The molecule has 31 heavy (non-hydrogen) atoms. The van der Waals surface area contributed by atoms with Crippen molar-refractivity contribution >= 4 is 43.4 Å². The first-order valence-electron chi connectivity index (χ1n) is 9.33. The Morgan fingerprint density at radius 2 is 1.74 bits per heavy atom. The van der Waals surface area contributed by atoms with E-state index in [1.54, 1.807) is 42.5 Å². The monoisotopic (exact) mass is 455 g/mol. The summed E-state index contributed by atoms with van der Waals surface area (Å²) < 4.78 is 38.3. The second kappa shape index (κ2) is 8.37. The first kappa shape index (κ1) is 20.8. The highest BCUT2D eigenvalue weighted by Gasteiger charge is 2.33. The fourth-order valence-corrected chi connectivity index (χ4v) is 4.98. The highest BCUT2D eigenvalue weighted by Crippen LogP contribution is 2.30. The number of carbonyl (C=O) groups is 1. The van der Waals surface area contributed by atoms with Gasteiger partial charge in [-0.05, 0) is 54.4 Å². The van der Waals surface area contributed by atoms with E-state index in [-0.39, 0.29) is 16.3 Å². The van der Waals surface area contributed by atoms with Crippen LogP contribution in [-0.2, 0) is 16.4 Å². The van der Waals surface area contributed by atoms with Gasteiger partial charge in [-0.2, -0.15) is 4.31 Å². The molecule has 0 saturated carbocycles. The highest BCUT2D eigenvalue weighted by molar-refractivity contribution is 7.93. The molecule has 0 radical (unpaired) electrons. The van der Waals surface area contributed by atoms with Crippen LogP contribution in [0.3, 0.4) is 0 Å². The molecule has 0 aliphatic heterocycles. The lowest BCUT2D eigenvalue weighted by molar-refractivity contribution is 0.211. The van der Waals surface area contributed by atoms with Gasteiger partial charge in [0.05, 0.1) is 15.3 Å². The predicted molar refractivity (Wildman–Crippen MR) is 118 cm³/mol. The number of rotatable bonds is 5. The molecule has 1 amide bonds. The first-order chi connectivity index (χ1) is 14.9. The van der Waals surface area contributed by atoms with Crippen LogP contribution < -0.4 is 14.0 Å². The van der Waals surface area contributed by atoms with Crippen LogP contribution in [0.2, 0.25) is 0 Å². The van der Waals surface area contributed by atoms with Crippen LogP contribution in [0, 0.1) is 0 Å². The van der Waals surface area contributed by atoms with E-state index in [0.29, 0.717) is 14.6 Å². The van der Waals surface area contributed by atoms with E-state index in [1.165, 1.54) is 30.3 Å². The Bertz CT molecular complexity index is 1390. The van der Waals surface area contributed by atoms with Crippen molar-refractivity contribution in [1.29, 1.82) is 0 Å². The molecule has 3 aromatic carbocycles. The van der Waals surface area contributed by atoms with Gasteiger partial charge in [-0.3, -0.25) is 0 Å². The Kier molecular flexibility index (Phi) is 5.62. The molecule has 0 bridgehead atoms. The van der Waals surface area contributed by atoms with Gasteiger partial charge in [0, 0.05) is 0 Å². The summed E-state index contributed by atoms with van der Waals surface area (Å²) in [7, 11) is -4.31. The molecule has 0 atom stereocenters. The molecule has 0 unspecified atom stereocenters. The molecule has 1 aromatic heterocycles. The molecule has 1 heterocycles. The maximum atomic E-state index is 13.4. The smallest absolute Gasteiger partial charge is 0.414 e. The predicted octanol–water partition coefficient (Wildman–Crippen LogP) is 4.81. The minimum atomic E-state index is -4.31. The van der Waals surface area contributed by atoms with E-state index >= 15 is 0 Å². The van der Waals surface area contributed by atoms with E-state index in [2.05, 4.69) is 0 Å². The van der Waals surface area contributed by atoms with Crippen LogP contribution in [0.5, 0.6) is 5.75 Å². The number of nitrogens with zero attached hydrogens (tertiary/aromatic N) is 1. The lowest BCUT2D eigenvalue weighted by Gasteiger charge is -2.22. The Morgan fingerprint density at radius 1 is 1.03 bits per heavy atom. The average Bonchev–Trinajstić information content (AvgIpc) is 3.13. The summed E-state index contributed by atoms with van der Waals surface area (Å²) in [6.45, 7) is 1.96. The van der Waals surface area contributed by atoms with Crippen molar-refractivity contribution in [1.82, 2.24) is 0 Å². The Morgan fingerprint density at radius 3 is 2.42 bits per heavy atom. The molecule has 0 aliphatic carbocycles. The Hall–Kier alpha value is -3.43. The van der Waals surface area contributed by atoms with Crippen molar-refractivity contribution in [3.05, 3.63) is 88.1 Å². The SMILES string of the molecule is CCc1ccc(S(=O)(=O)N(C(=O)Oc2ccccc2)c2ccc3oc(=O)sc3c2)cc1.